The van der Waals surface area contributed by atoms with Gasteiger partial charge in [-0.05, 0) is 68.2 Å². The van der Waals surface area contributed by atoms with E-state index in [1.165, 1.54) is 30.4 Å². The SMILES string of the molecule is CCNC(Cc1c(C)cccc1C)C(C)C1CC1. The average Bonchev–Trinajstić information content (AvgIpc) is 3.16. The van der Waals surface area contributed by atoms with Crippen molar-refractivity contribution in [2.75, 3.05) is 6.54 Å². The van der Waals surface area contributed by atoms with Gasteiger partial charge in [0.1, 0.15) is 0 Å². The number of likely N-dealkylation sites (N-methyl/N-ethyl adjacent to an activating group) is 1. The Balaban J connectivity index is 2.12. The lowest BCUT2D eigenvalue weighted by Crippen LogP contribution is -2.38. The Morgan fingerprint density at radius 3 is 2.33 bits per heavy atom. The molecular formula is C17H27N. The van der Waals surface area contributed by atoms with Crippen LogP contribution in [0.4, 0.5) is 0 Å². The number of benzene rings is 1. The van der Waals surface area contributed by atoms with Crippen LogP contribution >= 0.6 is 0 Å². The van der Waals surface area contributed by atoms with Crippen LogP contribution in [0.5, 0.6) is 0 Å². The molecule has 1 N–H and O–H groups in total. The highest BCUT2D eigenvalue weighted by atomic mass is 14.9. The Bertz CT molecular complexity index is 372. The fourth-order valence-electron chi connectivity index (χ4n) is 3.05. The number of hydrogen-bond acceptors (Lipinski definition) is 1. The molecule has 0 radical (unpaired) electrons. The Kier molecular flexibility index (Phi) is 4.45. The van der Waals surface area contributed by atoms with Crippen LogP contribution in [0, 0.1) is 25.7 Å². The number of nitrogens with one attached hydrogen (secondary N) is 1. The first-order valence-corrected chi connectivity index (χ1v) is 7.42. The van der Waals surface area contributed by atoms with Crippen molar-refractivity contribution in [3.8, 4) is 0 Å². The molecule has 1 nitrogen and oxygen atoms in total. The molecule has 2 atom stereocenters. The summed E-state index contributed by atoms with van der Waals surface area (Å²) in [6, 6.07) is 7.29. The highest BCUT2D eigenvalue weighted by Crippen LogP contribution is 2.39. The summed E-state index contributed by atoms with van der Waals surface area (Å²) in [5.41, 5.74) is 4.44. The van der Waals surface area contributed by atoms with E-state index in [4.69, 9.17) is 0 Å². The van der Waals surface area contributed by atoms with Gasteiger partial charge in [-0.3, -0.25) is 0 Å². The van der Waals surface area contributed by atoms with Gasteiger partial charge in [-0.15, -0.1) is 0 Å². The van der Waals surface area contributed by atoms with Crippen LogP contribution in [0.2, 0.25) is 0 Å². The summed E-state index contributed by atoms with van der Waals surface area (Å²) in [5.74, 6) is 1.78. The highest BCUT2D eigenvalue weighted by molar-refractivity contribution is 5.34. The van der Waals surface area contributed by atoms with Crippen LogP contribution in [0.15, 0.2) is 18.2 Å². The van der Waals surface area contributed by atoms with E-state index in [1.807, 2.05) is 0 Å². The maximum atomic E-state index is 3.71. The normalized spacial score (nSPS) is 18.7. The van der Waals surface area contributed by atoms with Gasteiger partial charge >= 0.3 is 0 Å². The maximum absolute atomic E-state index is 3.71. The lowest BCUT2D eigenvalue weighted by Gasteiger charge is -2.26. The molecule has 0 heterocycles. The second kappa shape index (κ2) is 5.88. The van der Waals surface area contributed by atoms with Gasteiger partial charge in [0.2, 0.25) is 0 Å². The van der Waals surface area contributed by atoms with Gasteiger partial charge in [0.05, 0.1) is 0 Å². The van der Waals surface area contributed by atoms with Crippen LogP contribution in [-0.2, 0) is 6.42 Å². The van der Waals surface area contributed by atoms with Crippen molar-refractivity contribution >= 4 is 0 Å². The van der Waals surface area contributed by atoms with E-state index in [-0.39, 0.29) is 0 Å². The van der Waals surface area contributed by atoms with Gasteiger partial charge in [-0.1, -0.05) is 32.0 Å². The van der Waals surface area contributed by atoms with E-state index in [1.54, 1.807) is 5.56 Å². The molecule has 2 unspecified atom stereocenters. The van der Waals surface area contributed by atoms with Crippen LogP contribution in [-0.4, -0.2) is 12.6 Å². The zero-order valence-corrected chi connectivity index (χ0v) is 12.3. The average molecular weight is 245 g/mol. The zero-order valence-electron chi connectivity index (χ0n) is 12.3. The van der Waals surface area contributed by atoms with Crippen LogP contribution < -0.4 is 5.32 Å². The summed E-state index contributed by atoms with van der Waals surface area (Å²) in [4.78, 5) is 0. The monoisotopic (exact) mass is 245 g/mol. The van der Waals surface area contributed by atoms with Gasteiger partial charge in [0.25, 0.3) is 0 Å². The highest BCUT2D eigenvalue weighted by Gasteiger charge is 2.33. The molecule has 0 aromatic heterocycles. The first kappa shape index (κ1) is 13.6. The van der Waals surface area contributed by atoms with Crippen molar-refractivity contribution < 1.29 is 0 Å². The van der Waals surface area contributed by atoms with Crippen LogP contribution in [0.1, 0.15) is 43.4 Å². The minimum Gasteiger partial charge on any atom is -0.314 e. The molecule has 100 valence electrons. The smallest absolute Gasteiger partial charge is 0.0136 e. The van der Waals surface area contributed by atoms with Crippen molar-refractivity contribution in [3.63, 3.8) is 0 Å². The predicted molar refractivity (Wildman–Crippen MR) is 79.0 cm³/mol. The van der Waals surface area contributed by atoms with Crippen molar-refractivity contribution in [2.45, 2.75) is 53.0 Å². The van der Waals surface area contributed by atoms with Crippen molar-refractivity contribution in [1.29, 1.82) is 0 Å². The van der Waals surface area contributed by atoms with Crippen molar-refractivity contribution in [1.82, 2.24) is 5.32 Å². The number of aryl methyl sites for hydroxylation is 2. The molecule has 2 rings (SSSR count). The summed E-state index contributed by atoms with van der Waals surface area (Å²) in [7, 11) is 0. The Morgan fingerprint density at radius 2 is 1.83 bits per heavy atom. The van der Waals surface area contributed by atoms with Gasteiger partial charge in [-0.25, -0.2) is 0 Å². The lowest BCUT2D eigenvalue weighted by atomic mass is 9.88. The van der Waals surface area contributed by atoms with Crippen LogP contribution in [0.25, 0.3) is 0 Å². The van der Waals surface area contributed by atoms with E-state index in [2.05, 4.69) is 51.2 Å². The van der Waals surface area contributed by atoms with E-state index in [9.17, 15) is 0 Å². The van der Waals surface area contributed by atoms with Gasteiger partial charge < -0.3 is 5.32 Å². The maximum Gasteiger partial charge on any atom is 0.0136 e. The standard InChI is InChI=1S/C17H27N/c1-5-18-17(14(4)15-9-10-15)11-16-12(2)7-6-8-13(16)3/h6-8,14-15,17-18H,5,9-11H2,1-4H3. The van der Waals surface area contributed by atoms with Gasteiger partial charge in [-0.2, -0.15) is 0 Å². The topological polar surface area (TPSA) is 12.0 Å². The molecule has 1 aromatic carbocycles. The summed E-state index contributed by atoms with van der Waals surface area (Å²) >= 11 is 0. The molecule has 0 aliphatic heterocycles. The minimum absolute atomic E-state index is 0.641. The van der Waals surface area contributed by atoms with Gasteiger partial charge in [0, 0.05) is 6.04 Å². The van der Waals surface area contributed by atoms with Crippen molar-refractivity contribution in [2.24, 2.45) is 11.8 Å². The van der Waals surface area contributed by atoms with Crippen molar-refractivity contribution in [3.05, 3.63) is 34.9 Å². The molecule has 1 aliphatic rings. The molecule has 0 saturated heterocycles. The third kappa shape index (κ3) is 3.14. The molecule has 1 saturated carbocycles. The largest absolute Gasteiger partial charge is 0.314 e. The van der Waals surface area contributed by atoms with Gasteiger partial charge in [0.15, 0.2) is 0 Å². The second-order valence-corrected chi connectivity index (χ2v) is 5.94. The Hall–Kier alpha value is -0.820. The summed E-state index contributed by atoms with van der Waals surface area (Å²) < 4.78 is 0. The minimum atomic E-state index is 0.641. The lowest BCUT2D eigenvalue weighted by molar-refractivity contribution is 0.344. The fraction of sp³-hybridized carbons (Fsp3) is 0.647. The number of rotatable bonds is 6. The summed E-state index contributed by atoms with van der Waals surface area (Å²) in [5, 5.41) is 3.71. The molecule has 1 aliphatic carbocycles. The zero-order chi connectivity index (χ0) is 13.1. The molecular weight excluding hydrogens is 218 g/mol. The molecule has 0 amide bonds. The number of hydrogen-bond donors (Lipinski definition) is 1. The Morgan fingerprint density at radius 1 is 1.22 bits per heavy atom. The van der Waals surface area contributed by atoms with E-state index in [0.29, 0.717) is 6.04 Å². The Labute approximate surface area is 112 Å². The molecule has 18 heavy (non-hydrogen) atoms. The third-order valence-corrected chi connectivity index (χ3v) is 4.54. The fourth-order valence-corrected chi connectivity index (χ4v) is 3.05. The molecule has 0 bridgehead atoms. The molecule has 1 aromatic rings. The van der Waals surface area contributed by atoms with E-state index in [0.717, 1.165) is 18.4 Å². The third-order valence-electron chi connectivity index (χ3n) is 4.54. The molecule has 1 heteroatoms. The summed E-state index contributed by atoms with van der Waals surface area (Å²) in [6.07, 6.45) is 4.07. The summed E-state index contributed by atoms with van der Waals surface area (Å²) in [6.45, 7) is 10.2. The van der Waals surface area contributed by atoms with Crippen LogP contribution in [0.3, 0.4) is 0 Å². The second-order valence-electron chi connectivity index (χ2n) is 5.94. The van der Waals surface area contributed by atoms with E-state index < -0.39 is 0 Å². The predicted octanol–water partition coefficient (Wildman–Crippen LogP) is 3.87. The first-order valence-electron chi connectivity index (χ1n) is 7.42. The molecule has 0 spiro atoms. The quantitative estimate of drug-likeness (QED) is 0.802. The van der Waals surface area contributed by atoms with E-state index >= 15 is 0 Å². The first-order chi connectivity index (χ1) is 8.63. The molecule has 1 fully saturated rings.